The van der Waals surface area contributed by atoms with Gasteiger partial charge in [0.1, 0.15) is 12.4 Å². The molecule has 0 aliphatic carbocycles. The summed E-state index contributed by atoms with van der Waals surface area (Å²) in [6.07, 6.45) is 2.03. The van der Waals surface area contributed by atoms with Crippen molar-refractivity contribution in [2.24, 2.45) is 0 Å². The van der Waals surface area contributed by atoms with E-state index in [0.717, 1.165) is 38.2 Å². The van der Waals surface area contributed by atoms with Gasteiger partial charge in [-0.2, -0.15) is 0 Å². The summed E-state index contributed by atoms with van der Waals surface area (Å²) < 4.78 is 6.04. The Balaban J connectivity index is 1.34. The van der Waals surface area contributed by atoms with Crippen molar-refractivity contribution in [3.8, 4) is 22.7 Å². The van der Waals surface area contributed by atoms with Gasteiger partial charge in [-0.25, -0.2) is 0 Å². The lowest BCUT2D eigenvalue weighted by molar-refractivity contribution is 0.247. The van der Waals surface area contributed by atoms with E-state index in [4.69, 9.17) is 4.74 Å². The molecule has 4 rings (SSSR count). The van der Waals surface area contributed by atoms with Gasteiger partial charge in [0.25, 0.3) is 0 Å². The van der Waals surface area contributed by atoms with E-state index < -0.39 is 0 Å². The first-order valence-corrected chi connectivity index (χ1v) is 11.7. The maximum absolute atomic E-state index is 9.75. The second-order valence-electron chi connectivity index (χ2n) is 8.03. The van der Waals surface area contributed by atoms with Gasteiger partial charge in [-0.1, -0.05) is 49.2 Å². The fraction of sp³-hybridized carbons (Fsp3) is 0.333. The first-order chi connectivity index (χ1) is 15.1. The largest absolute Gasteiger partial charge is 0.499 e. The average molecular weight is 432 g/mol. The number of aromatic hydroxyl groups is 1. The van der Waals surface area contributed by atoms with Crippen molar-refractivity contribution in [2.45, 2.75) is 52.3 Å². The number of hydrogen-bond acceptors (Lipinski definition) is 4. The van der Waals surface area contributed by atoms with Crippen LogP contribution in [0.4, 0.5) is 0 Å². The van der Waals surface area contributed by atoms with E-state index in [0.29, 0.717) is 17.6 Å². The summed E-state index contributed by atoms with van der Waals surface area (Å²) in [4.78, 5) is 3.77. The summed E-state index contributed by atoms with van der Waals surface area (Å²) >= 11 is 1.52. The molecule has 0 saturated carbocycles. The molecule has 0 radical (unpaired) electrons. The summed E-state index contributed by atoms with van der Waals surface area (Å²) in [5.74, 6) is 7.46. The zero-order valence-corrected chi connectivity index (χ0v) is 19.0. The first-order valence-electron chi connectivity index (χ1n) is 10.9. The molecular weight excluding hydrogens is 402 g/mol. The number of hydrogen-bond donors (Lipinski definition) is 1. The van der Waals surface area contributed by atoms with Gasteiger partial charge in [0.2, 0.25) is 0 Å². The first kappa shape index (κ1) is 21.5. The maximum Gasteiger partial charge on any atom is 0.171 e. The monoisotopic (exact) mass is 431 g/mol. The van der Waals surface area contributed by atoms with E-state index in [-0.39, 0.29) is 0 Å². The predicted molar refractivity (Wildman–Crippen MR) is 127 cm³/mol. The molecule has 2 heterocycles. The predicted octanol–water partition coefficient (Wildman–Crippen LogP) is 6.11. The molecule has 1 aliphatic heterocycles. The maximum atomic E-state index is 9.75. The number of fused-ring (bicyclic) bond motifs is 1. The number of ether oxygens (including phenoxy) is 1. The third-order valence-corrected chi connectivity index (χ3v) is 6.78. The zero-order valence-electron chi connectivity index (χ0n) is 18.2. The van der Waals surface area contributed by atoms with Gasteiger partial charge in [0.05, 0.1) is 0 Å². The molecule has 1 aromatic heterocycles. The molecule has 1 unspecified atom stereocenters. The average Bonchev–Trinajstić information content (AvgIpc) is 3.16. The molecule has 3 aromatic rings. The molecule has 31 heavy (non-hydrogen) atoms. The van der Waals surface area contributed by atoms with Gasteiger partial charge < -0.3 is 9.84 Å². The molecule has 0 fully saturated rings. The van der Waals surface area contributed by atoms with Crippen LogP contribution in [0.25, 0.3) is 0 Å². The molecule has 160 valence electrons. The lowest BCUT2D eigenvalue weighted by atomic mass is 9.97. The summed E-state index contributed by atoms with van der Waals surface area (Å²) in [7, 11) is 0. The highest BCUT2D eigenvalue weighted by molar-refractivity contribution is 7.13. The molecule has 1 atom stereocenters. The summed E-state index contributed by atoms with van der Waals surface area (Å²) in [6, 6.07) is 18.9. The Morgan fingerprint density at radius 1 is 1.13 bits per heavy atom. The van der Waals surface area contributed by atoms with E-state index in [1.54, 1.807) is 0 Å². The molecule has 0 amide bonds. The highest BCUT2D eigenvalue weighted by atomic mass is 32.1. The lowest BCUT2D eigenvalue weighted by Gasteiger charge is -2.26. The molecule has 3 nitrogen and oxygen atoms in total. The van der Waals surface area contributed by atoms with Crippen LogP contribution in [-0.2, 0) is 26.1 Å². The minimum absolute atomic E-state index is 0.291. The van der Waals surface area contributed by atoms with Crippen LogP contribution in [0.3, 0.4) is 0 Å². The second kappa shape index (κ2) is 10.0. The van der Waals surface area contributed by atoms with Gasteiger partial charge in [-0.05, 0) is 60.2 Å². The minimum atomic E-state index is 0.291. The summed E-state index contributed by atoms with van der Waals surface area (Å²) in [6.45, 7) is 7.46. The molecule has 0 bridgehead atoms. The van der Waals surface area contributed by atoms with Crippen molar-refractivity contribution in [3.63, 3.8) is 0 Å². The molecule has 0 spiro atoms. The SMILES string of the molecule is CC#CC(CC)c1ccc(OCc2cccc(CN3CCc4sc(O)cc4C3)c2)cc1. The Hall–Kier alpha value is -2.74. The molecule has 2 aromatic carbocycles. The van der Waals surface area contributed by atoms with E-state index in [2.05, 4.69) is 60.1 Å². The Morgan fingerprint density at radius 2 is 1.94 bits per heavy atom. The third kappa shape index (κ3) is 5.50. The van der Waals surface area contributed by atoms with Crippen molar-refractivity contribution >= 4 is 11.3 Å². The molecular formula is C27H29NO2S. The van der Waals surface area contributed by atoms with Crippen LogP contribution in [0, 0.1) is 11.8 Å². The Bertz CT molecular complexity index is 1070. The van der Waals surface area contributed by atoms with Crippen molar-refractivity contribution in [1.82, 2.24) is 4.90 Å². The van der Waals surface area contributed by atoms with E-state index >= 15 is 0 Å². The lowest BCUT2D eigenvalue weighted by Crippen LogP contribution is -2.29. The van der Waals surface area contributed by atoms with Crippen LogP contribution in [0.15, 0.2) is 54.6 Å². The van der Waals surface area contributed by atoms with Crippen molar-refractivity contribution in [1.29, 1.82) is 0 Å². The normalized spacial score (nSPS) is 14.4. The zero-order chi connectivity index (χ0) is 21.6. The van der Waals surface area contributed by atoms with Gasteiger partial charge >= 0.3 is 0 Å². The van der Waals surface area contributed by atoms with E-state index in [9.17, 15) is 5.11 Å². The van der Waals surface area contributed by atoms with E-state index in [1.165, 1.54) is 38.5 Å². The smallest absolute Gasteiger partial charge is 0.171 e. The number of rotatable bonds is 7. The van der Waals surface area contributed by atoms with E-state index in [1.807, 2.05) is 25.1 Å². The second-order valence-corrected chi connectivity index (χ2v) is 9.14. The third-order valence-electron chi connectivity index (χ3n) is 5.75. The standard InChI is InChI=1S/C27H29NO2S/c1-3-6-22(4-2)23-9-11-25(12-10-23)30-19-21-8-5-7-20(15-21)17-28-14-13-26-24(18-28)16-27(29)31-26/h5,7-12,15-16,22,29H,4,13-14,17-19H2,1-2H3. The Morgan fingerprint density at radius 3 is 2.71 bits per heavy atom. The van der Waals surface area contributed by atoms with Gasteiger partial charge in [0, 0.05) is 30.4 Å². The van der Waals surface area contributed by atoms with Gasteiger partial charge in [-0.15, -0.1) is 17.3 Å². The summed E-state index contributed by atoms with van der Waals surface area (Å²) in [5, 5.41) is 10.2. The van der Waals surface area contributed by atoms with Crippen molar-refractivity contribution in [2.75, 3.05) is 6.54 Å². The van der Waals surface area contributed by atoms with Gasteiger partial charge in [0.15, 0.2) is 5.06 Å². The minimum Gasteiger partial charge on any atom is -0.499 e. The number of thiophene rings is 1. The highest BCUT2D eigenvalue weighted by Gasteiger charge is 2.19. The Labute approximate surface area is 189 Å². The van der Waals surface area contributed by atoms with Crippen LogP contribution in [0.2, 0.25) is 0 Å². The van der Waals surface area contributed by atoms with Crippen molar-refractivity contribution in [3.05, 3.63) is 81.7 Å². The fourth-order valence-corrected chi connectivity index (χ4v) is 5.05. The van der Waals surface area contributed by atoms with Crippen LogP contribution >= 0.6 is 11.3 Å². The Kier molecular flexibility index (Phi) is 6.96. The summed E-state index contributed by atoms with van der Waals surface area (Å²) in [5.41, 5.74) is 4.99. The van der Waals surface area contributed by atoms with Crippen molar-refractivity contribution < 1.29 is 9.84 Å². The molecule has 4 heteroatoms. The topological polar surface area (TPSA) is 32.7 Å². The quantitative estimate of drug-likeness (QED) is 0.458. The van der Waals surface area contributed by atoms with Gasteiger partial charge in [-0.3, -0.25) is 4.90 Å². The van der Waals surface area contributed by atoms with Crippen LogP contribution in [-0.4, -0.2) is 16.6 Å². The number of nitrogens with zero attached hydrogens (tertiary/aromatic N) is 1. The molecule has 1 aliphatic rings. The van der Waals surface area contributed by atoms with Crippen LogP contribution in [0.5, 0.6) is 10.8 Å². The highest BCUT2D eigenvalue weighted by Crippen LogP contribution is 2.32. The molecule has 1 N–H and O–H groups in total. The number of benzene rings is 2. The van der Waals surface area contributed by atoms with Crippen LogP contribution < -0.4 is 4.74 Å². The molecule has 0 saturated heterocycles. The van der Waals surface area contributed by atoms with Crippen LogP contribution in [0.1, 0.15) is 53.3 Å². The fourth-order valence-electron chi connectivity index (χ4n) is 4.15.